The molecule has 29 heavy (non-hydrogen) atoms. The van der Waals surface area contributed by atoms with Gasteiger partial charge in [0.15, 0.2) is 11.5 Å². The Bertz CT molecular complexity index is 992. The molecule has 0 unspecified atom stereocenters. The normalized spacial score (nSPS) is 15.3. The van der Waals surface area contributed by atoms with Crippen molar-refractivity contribution >= 4 is 23.2 Å². The quantitative estimate of drug-likeness (QED) is 0.705. The number of nitrogens with zero attached hydrogens (tertiary/aromatic N) is 4. The second-order valence-electron chi connectivity index (χ2n) is 8.80. The zero-order valence-electron chi connectivity index (χ0n) is 17.5. The lowest BCUT2D eigenvalue weighted by Crippen LogP contribution is -2.25. The number of nitrogens with one attached hydrogen (secondary N) is 1. The highest BCUT2D eigenvalue weighted by molar-refractivity contribution is 6.03. The SMILES string of the molecule is CC(C)(C)c1ccc(C(=O)Nc2cn3nc(N4CCCCCC4)ccc3n2)cc1. The molecular weight excluding hydrogens is 362 g/mol. The van der Waals surface area contributed by atoms with Crippen LogP contribution in [0.4, 0.5) is 11.6 Å². The molecule has 0 bridgehead atoms. The Hall–Kier alpha value is -2.89. The molecule has 0 spiro atoms. The Kier molecular flexibility index (Phi) is 5.26. The standard InChI is InChI=1S/C23H29N5O/c1-23(2,3)18-10-8-17(9-11-18)22(29)25-19-16-28-20(24-19)12-13-21(26-28)27-14-6-4-5-7-15-27/h8-13,16H,4-7,14-15H2,1-3H3,(H,25,29). The van der Waals surface area contributed by atoms with Gasteiger partial charge >= 0.3 is 0 Å². The third-order valence-corrected chi connectivity index (χ3v) is 5.49. The summed E-state index contributed by atoms with van der Waals surface area (Å²) in [5.74, 6) is 1.31. The van der Waals surface area contributed by atoms with Gasteiger partial charge in [0.25, 0.3) is 5.91 Å². The number of anilines is 2. The fourth-order valence-electron chi connectivity index (χ4n) is 3.71. The van der Waals surface area contributed by atoms with E-state index in [4.69, 9.17) is 5.10 Å². The van der Waals surface area contributed by atoms with E-state index in [2.05, 4.69) is 36.0 Å². The average molecular weight is 392 g/mol. The van der Waals surface area contributed by atoms with Crippen LogP contribution in [0.5, 0.6) is 0 Å². The predicted molar refractivity (Wildman–Crippen MR) is 117 cm³/mol. The number of benzene rings is 1. The number of amides is 1. The van der Waals surface area contributed by atoms with Crippen LogP contribution in [0.25, 0.3) is 5.65 Å². The molecule has 1 saturated heterocycles. The Morgan fingerprint density at radius 1 is 0.966 bits per heavy atom. The fourth-order valence-corrected chi connectivity index (χ4v) is 3.71. The number of rotatable bonds is 3. The summed E-state index contributed by atoms with van der Waals surface area (Å²) in [6.07, 6.45) is 6.77. The summed E-state index contributed by atoms with van der Waals surface area (Å²) in [4.78, 5) is 19.4. The molecule has 1 N–H and O–H groups in total. The molecule has 152 valence electrons. The molecule has 1 amide bonds. The van der Waals surface area contributed by atoms with Crippen LogP contribution in [0.2, 0.25) is 0 Å². The molecular formula is C23H29N5O. The molecule has 1 aliphatic heterocycles. The molecule has 6 nitrogen and oxygen atoms in total. The molecule has 6 heteroatoms. The van der Waals surface area contributed by atoms with Crippen LogP contribution in [-0.2, 0) is 5.41 Å². The average Bonchev–Trinajstić information content (AvgIpc) is 2.90. The van der Waals surface area contributed by atoms with Crippen LogP contribution in [0.1, 0.15) is 62.4 Å². The highest BCUT2D eigenvalue weighted by Gasteiger charge is 2.16. The third kappa shape index (κ3) is 4.42. The first-order valence-corrected chi connectivity index (χ1v) is 10.4. The molecule has 0 atom stereocenters. The minimum atomic E-state index is -0.165. The van der Waals surface area contributed by atoms with Gasteiger partial charge in [0, 0.05) is 18.7 Å². The van der Waals surface area contributed by atoms with Crippen molar-refractivity contribution in [3.8, 4) is 0 Å². The maximum Gasteiger partial charge on any atom is 0.256 e. The van der Waals surface area contributed by atoms with Crippen molar-refractivity contribution in [3.63, 3.8) is 0 Å². The molecule has 1 fully saturated rings. The van der Waals surface area contributed by atoms with Gasteiger partial charge in [-0.25, -0.2) is 9.50 Å². The van der Waals surface area contributed by atoms with E-state index in [-0.39, 0.29) is 11.3 Å². The van der Waals surface area contributed by atoms with Crippen molar-refractivity contribution in [3.05, 3.63) is 53.7 Å². The first-order chi connectivity index (χ1) is 13.9. The van der Waals surface area contributed by atoms with Crippen LogP contribution in [0.15, 0.2) is 42.6 Å². The lowest BCUT2D eigenvalue weighted by molar-refractivity contribution is 0.102. The molecule has 0 radical (unpaired) electrons. The third-order valence-electron chi connectivity index (χ3n) is 5.49. The first kappa shape index (κ1) is 19.4. The number of hydrogen-bond acceptors (Lipinski definition) is 4. The van der Waals surface area contributed by atoms with E-state index in [1.54, 1.807) is 10.7 Å². The molecule has 3 heterocycles. The number of imidazole rings is 1. The van der Waals surface area contributed by atoms with E-state index in [1.807, 2.05) is 36.4 Å². The van der Waals surface area contributed by atoms with Crippen molar-refractivity contribution < 1.29 is 4.79 Å². The summed E-state index contributed by atoms with van der Waals surface area (Å²) in [7, 11) is 0. The van der Waals surface area contributed by atoms with Crippen LogP contribution in [0, 0.1) is 0 Å². The molecule has 0 saturated carbocycles. The van der Waals surface area contributed by atoms with Gasteiger partial charge in [-0.1, -0.05) is 45.7 Å². The van der Waals surface area contributed by atoms with Gasteiger partial charge in [-0.05, 0) is 48.1 Å². The number of carbonyl (C=O) groups excluding carboxylic acids is 1. The Morgan fingerprint density at radius 3 is 2.31 bits per heavy atom. The summed E-state index contributed by atoms with van der Waals surface area (Å²) < 4.78 is 1.75. The first-order valence-electron chi connectivity index (χ1n) is 10.4. The summed E-state index contributed by atoms with van der Waals surface area (Å²) >= 11 is 0. The molecule has 1 aromatic carbocycles. The predicted octanol–water partition coefficient (Wildman–Crippen LogP) is 4.66. The molecule has 3 aromatic rings. The maximum absolute atomic E-state index is 12.6. The van der Waals surface area contributed by atoms with Crippen LogP contribution in [-0.4, -0.2) is 33.6 Å². The van der Waals surface area contributed by atoms with E-state index < -0.39 is 0 Å². The highest BCUT2D eigenvalue weighted by Crippen LogP contribution is 2.23. The molecule has 4 rings (SSSR count). The van der Waals surface area contributed by atoms with Gasteiger partial charge in [0.1, 0.15) is 5.82 Å². The minimum Gasteiger partial charge on any atom is -0.355 e. The maximum atomic E-state index is 12.6. The van der Waals surface area contributed by atoms with Gasteiger partial charge in [-0.3, -0.25) is 4.79 Å². The Labute approximate surface area is 171 Å². The monoisotopic (exact) mass is 391 g/mol. The van der Waals surface area contributed by atoms with Gasteiger partial charge in [0.05, 0.1) is 6.20 Å². The lowest BCUT2D eigenvalue weighted by atomic mass is 9.87. The van der Waals surface area contributed by atoms with E-state index >= 15 is 0 Å². The molecule has 1 aliphatic rings. The Balaban J connectivity index is 1.50. The summed E-state index contributed by atoms with van der Waals surface area (Å²) in [6, 6.07) is 11.7. The van der Waals surface area contributed by atoms with E-state index in [1.165, 1.54) is 31.2 Å². The molecule has 0 aliphatic carbocycles. The van der Waals surface area contributed by atoms with E-state index in [0.717, 1.165) is 24.6 Å². The van der Waals surface area contributed by atoms with E-state index in [0.29, 0.717) is 11.4 Å². The van der Waals surface area contributed by atoms with Crippen LogP contribution >= 0.6 is 0 Å². The topological polar surface area (TPSA) is 62.5 Å². The number of aromatic nitrogens is 3. The van der Waals surface area contributed by atoms with Gasteiger partial charge < -0.3 is 10.2 Å². The Morgan fingerprint density at radius 2 is 1.66 bits per heavy atom. The van der Waals surface area contributed by atoms with Gasteiger partial charge in [-0.2, -0.15) is 0 Å². The van der Waals surface area contributed by atoms with Crippen molar-refractivity contribution in [2.75, 3.05) is 23.3 Å². The van der Waals surface area contributed by atoms with E-state index in [9.17, 15) is 4.79 Å². The second-order valence-corrected chi connectivity index (χ2v) is 8.80. The van der Waals surface area contributed by atoms with Crippen molar-refractivity contribution in [1.29, 1.82) is 0 Å². The van der Waals surface area contributed by atoms with Crippen molar-refractivity contribution in [2.24, 2.45) is 0 Å². The summed E-state index contributed by atoms with van der Waals surface area (Å²) in [5, 5.41) is 7.60. The number of hydrogen-bond donors (Lipinski definition) is 1. The summed E-state index contributed by atoms with van der Waals surface area (Å²) in [5.41, 5.74) is 2.61. The second kappa shape index (κ2) is 7.85. The zero-order chi connectivity index (χ0) is 20.4. The van der Waals surface area contributed by atoms with Gasteiger partial charge in [0.2, 0.25) is 0 Å². The number of carbonyl (C=O) groups is 1. The summed E-state index contributed by atoms with van der Waals surface area (Å²) in [6.45, 7) is 8.56. The highest BCUT2D eigenvalue weighted by atomic mass is 16.1. The minimum absolute atomic E-state index is 0.0629. The van der Waals surface area contributed by atoms with Crippen LogP contribution < -0.4 is 10.2 Å². The van der Waals surface area contributed by atoms with Crippen molar-refractivity contribution in [1.82, 2.24) is 14.6 Å². The fraction of sp³-hybridized carbons (Fsp3) is 0.435. The van der Waals surface area contributed by atoms with Gasteiger partial charge in [-0.15, -0.1) is 5.10 Å². The zero-order valence-corrected chi connectivity index (χ0v) is 17.5. The smallest absolute Gasteiger partial charge is 0.256 e. The largest absolute Gasteiger partial charge is 0.355 e. The lowest BCUT2D eigenvalue weighted by Gasteiger charge is -2.20. The van der Waals surface area contributed by atoms with Crippen LogP contribution in [0.3, 0.4) is 0 Å². The molecule has 2 aromatic heterocycles. The van der Waals surface area contributed by atoms with Crippen molar-refractivity contribution in [2.45, 2.75) is 51.9 Å². The number of fused-ring (bicyclic) bond motifs is 1.